The molecule has 1 saturated carbocycles. The minimum Gasteiger partial charge on any atom is -0.312 e. The number of benzene rings is 2. The smallest absolute Gasteiger partial charge is 0.0702 e. The summed E-state index contributed by atoms with van der Waals surface area (Å²) >= 11 is 0. The Hall–Kier alpha value is -2.19. The van der Waals surface area contributed by atoms with Crippen LogP contribution in [0.25, 0.3) is 10.9 Å². The summed E-state index contributed by atoms with van der Waals surface area (Å²) in [5.74, 6) is 0. The predicted octanol–water partition coefficient (Wildman–Crippen LogP) is 5.52. The second-order valence-electron chi connectivity index (χ2n) is 7.86. The van der Waals surface area contributed by atoms with Gasteiger partial charge in [0.1, 0.15) is 0 Å². The molecule has 2 nitrogen and oxygen atoms in total. The van der Waals surface area contributed by atoms with Gasteiger partial charge in [-0.1, -0.05) is 67.8 Å². The van der Waals surface area contributed by atoms with Gasteiger partial charge in [0.25, 0.3) is 0 Å². The summed E-state index contributed by atoms with van der Waals surface area (Å²) in [6.45, 7) is 1.99. The number of aromatic nitrogens is 1. The van der Waals surface area contributed by atoms with E-state index in [0.717, 1.165) is 18.6 Å². The maximum atomic E-state index is 4.59. The average molecular weight is 345 g/mol. The lowest BCUT2D eigenvalue weighted by Crippen LogP contribution is -2.37. The fourth-order valence-electron chi connectivity index (χ4n) is 4.43. The number of fused-ring (bicyclic) bond motifs is 1. The van der Waals surface area contributed by atoms with Gasteiger partial charge in [-0.3, -0.25) is 4.98 Å². The van der Waals surface area contributed by atoms with Gasteiger partial charge in [0, 0.05) is 24.7 Å². The topological polar surface area (TPSA) is 24.9 Å². The maximum Gasteiger partial charge on any atom is 0.0702 e. The first-order chi connectivity index (χ1) is 12.8. The van der Waals surface area contributed by atoms with Crippen molar-refractivity contribution in [3.8, 4) is 0 Å². The van der Waals surface area contributed by atoms with Crippen LogP contribution in [0, 0.1) is 5.41 Å². The van der Waals surface area contributed by atoms with Crippen LogP contribution in [0.15, 0.2) is 66.9 Å². The first-order valence-electron chi connectivity index (χ1n) is 9.91. The van der Waals surface area contributed by atoms with Crippen LogP contribution in [0.5, 0.6) is 0 Å². The SMILES string of the molecule is c1ccc(CC2(CNCc3cnc4ccccc4c3)CCCCC2)cc1. The summed E-state index contributed by atoms with van der Waals surface area (Å²) in [4.78, 5) is 4.59. The van der Waals surface area contributed by atoms with Crippen molar-refractivity contribution in [2.75, 3.05) is 6.54 Å². The largest absolute Gasteiger partial charge is 0.312 e. The molecule has 2 heteroatoms. The molecule has 4 rings (SSSR count). The normalized spacial score (nSPS) is 16.6. The molecular weight excluding hydrogens is 316 g/mol. The number of nitrogens with one attached hydrogen (secondary N) is 1. The molecule has 2 aromatic carbocycles. The summed E-state index contributed by atoms with van der Waals surface area (Å²) in [5, 5.41) is 4.98. The number of rotatable bonds is 6. The molecule has 0 aliphatic heterocycles. The number of hydrogen-bond donors (Lipinski definition) is 1. The molecule has 0 amide bonds. The van der Waals surface area contributed by atoms with E-state index in [1.54, 1.807) is 0 Å². The van der Waals surface area contributed by atoms with Gasteiger partial charge >= 0.3 is 0 Å². The van der Waals surface area contributed by atoms with Crippen LogP contribution >= 0.6 is 0 Å². The van der Waals surface area contributed by atoms with Crippen molar-refractivity contribution in [3.63, 3.8) is 0 Å². The highest BCUT2D eigenvalue weighted by molar-refractivity contribution is 5.78. The standard InChI is InChI=1S/C24H28N2/c1-3-9-20(10-4-1)16-24(13-7-2-8-14-24)19-25-17-21-15-22-11-5-6-12-23(22)26-18-21/h1,3-6,9-12,15,18,25H,2,7-8,13-14,16-17,19H2. The molecule has 0 atom stereocenters. The highest BCUT2D eigenvalue weighted by Crippen LogP contribution is 2.38. The second kappa shape index (κ2) is 8.01. The van der Waals surface area contributed by atoms with Gasteiger partial charge in [-0.2, -0.15) is 0 Å². The molecule has 1 heterocycles. The summed E-state index contributed by atoms with van der Waals surface area (Å²) in [7, 11) is 0. The molecule has 1 aliphatic carbocycles. The Morgan fingerprint density at radius 3 is 2.46 bits per heavy atom. The van der Waals surface area contributed by atoms with Gasteiger partial charge in [0.15, 0.2) is 0 Å². The molecule has 0 unspecified atom stereocenters. The third-order valence-electron chi connectivity index (χ3n) is 5.81. The van der Waals surface area contributed by atoms with E-state index < -0.39 is 0 Å². The lowest BCUT2D eigenvalue weighted by atomic mass is 9.70. The van der Waals surface area contributed by atoms with Crippen molar-refractivity contribution in [2.24, 2.45) is 5.41 Å². The van der Waals surface area contributed by atoms with Gasteiger partial charge in [-0.25, -0.2) is 0 Å². The molecular formula is C24H28N2. The molecule has 1 aliphatic rings. The minimum atomic E-state index is 0.407. The van der Waals surface area contributed by atoms with E-state index in [4.69, 9.17) is 0 Å². The summed E-state index contributed by atoms with van der Waals surface area (Å²) in [6.07, 6.45) is 10.0. The summed E-state index contributed by atoms with van der Waals surface area (Å²) in [6, 6.07) is 21.6. The Bertz CT molecular complexity index is 835. The van der Waals surface area contributed by atoms with Gasteiger partial charge in [0.2, 0.25) is 0 Å². The van der Waals surface area contributed by atoms with Crippen LogP contribution in [0.2, 0.25) is 0 Å². The molecule has 1 aromatic heterocycles. The Morgan fingerprint density at radius 1 is 0.846 bits per heavy atom. The first kappa shape index (κ1) is 17.2. The predicted molar refractivity (Wildman–Crippen MR) is 109 cm³/mol. The molecule has 3 aromatic rings. The monoisotopic (exact) mass is 344 g/mol. The molecule has 1 N–H and O–H groups in total. The average Bonchev–Trinajstić information content (AvgIpc) is 2.69. The minimum absolute atomic E-state index is 0.407. The van der Waals surface area contributed by atoms with Crippen LogP contribution in [0.4, 0.5) is 0 Å². The van der Waals surface area contributed by atoms with E-state index in [-0.39, 0.29) is 0 Å². The van der Waals surface area contributed by atoms with Crippen molar-refractivity contribution in [1.82, 2.24) is 10.3 Å². The van der Waals surface area contributed by atoms with Gasteiger partial charge in [-0.05, 0) is 47.9 Å². The fourth-order valence-corrected chi connectivity index (χ4v) is 4.43. The van der Waals surface area contributed by atoms with Gasteiger partial charge in [-0.15, -0.1) is 0 Å². The molecule has 0 radical (unpaired) electrons. The Balaban J connectivity index is 1.42. The molecule has 1 fully saturated rings. The second-order valence-corrected chi connectivity index (χ2v) is 7.86. The van der Waals surface area contributed by atoms with E-state index >= 15 is 0 Å². The first-order valence-corrected chi connectivity index (χ1v) is 9.91. The van der Waals surface area contributed by atoms with Crippen LogP contribution in [-0.4, -0.2) is 11.5 Å². The number of para-hydroxylation sites is 1. The molecule has 134 valence electrons. The van der Waals surface area contributed by atoms with Crippen LogP contribution in [0.1, 0.15) is 43.2 Å². The Kier molecular flexibility index (Phi) is 5.31. The third-order valence-corrected chi connectivity index (χ3v) is 5.81. The summed E-state index contributed by atoms with van der Waals surface area (Å²) < 4.78 is 0. The zero-order valence-electron chi connectivity index (χ0n) is 15.5. The zero-order chi connectivity index (χ0) is 17.7. The van der Waals surface area contributed by atoms with E-state index in [1.165, 1.54) is 55.0 Å². The number of pyridine rings is 1. The van der Waals surface area contributed by atoms with Crippen LogP contribution in [0.3, 0.4) is 0 Å². The van der Waals surface area contributed by atoms with Crippen molar-refractivity contribution < 1.29 is 0 Å². The maximum absolute atomic E-state index is 4.59. The third kappa shape index (κ3) is 4.13. The van der Waals surface area contributed by atoms with Crippen molar-refractivity contribution >= 4 is 10.9 Å². The number of nitrogens with zero attached hydrogens (tertiary/aromatic N) is 1. The molecule has 0 saturated heterocycles. The molecule has 0 bridgehead atoms. The van der Waals surface area contributed by atoms with Crippen LogP contribution in [-0.2, 0) is 13.0 Å². The van der Waals surface area contributed by atoms with E-state index in [2.05, 4.69) is 64.9 Å². The van der Waals surface area contributed by atoms with E-state index in [9.17, 15) is 0 Å². The lowest BCUT2D eigenvalue weighted by Gasteiger charge is -2.38. The number of hydrogen-bond acceptors (Lipinski definition) is 2. The quantitative estimate of drug-likeness (QED) is 0.637. The Morgan fingerprint density at radius 2 is 1.62 bits per heavy atom. The van der Waals surface area contributed by atoms with Crippen molar-refractivity contribution in [3.05, 3.63) is 78.0 Å². The lowest BCUT2D eigenvalue weighted by molar-refractivity contribution is 0.180. The summed E-state index contributed by atoms with van der Waals surface area (Å²) in [5.41, 5.74) is 4.23. The van der Waals surface area contributed by atoms with E-state index in [1.807, 2.05) is 12.3 Å². The van der Waals surface area contributed by atoms with E-state index in [0.29, 0.717) is 5.41 Å². The Labute approximate surface area is 156 Å². The highest BCUT2D eigenvalue weighted by atomic mass is 14.9. The van der Waals surface area contributed by atoms with Crippen LogP contribution < -0.4 is 5.32 Å². The zero-order valence-corrected chi connectivity index (χ0v) is 15.5. The molecule has 26 heavy (non-hydrogen) atoms. The fraction of sp³-hybridized carbons (Fsp3) is 0.375. The van der Waals surface area contributed by atoms with Gasteiger partial charge < -0.3 is 5.32 Å². The van der Waals surface area contributed by atoms with Gasteiger partial charge in [0.05, 0.1) is 5.52 Å². The van der Waals surface area contributed by atoms with Crippen molar-refractivity contribution in [1.29, 1.82) is 0 Å². The highest BCUT2D eigenvalue weighted by Gasteiger charge is 2.31. The molecule has 0 spiro atoms. The van der Waals surface area contributed by atoms with Crippen molar-refractivity contribution in [2.45, 2.75) is 45.1 Å².